The van der Waals surface area contributed by atoms with E-state index in [1.54, 1.807) is 6.33 Å². The fourth-order valence-corrected chi connectivity index (χ4v) is 2.18. The van der Waals surface area contributed by atoms with Crippen molar-refractivity contribution < 1.29 is 0 Å². The van der Waals surface area contributed by atoms with Crippen LogP contribution in [-0.4, -0.2) is 19.9 Å². The smallest absolute Gasteiger partial charge is 0.224 e. The van der Waals surface area contributed by atoms with Gasteiger partial charge in [-0.2, -0.15) is 9.97 Å². The van der Waals surface area contributed by atoms with Crippen molar-refractivity contribution in [2.45, 2.75) is 6.92 Å². The summed E-state index contributed by atoms with van der Waals surface area (Å²) in [5, 5.41) is 3.25. The number of rotatable bonds is 2. The van der Waals surface area contributed by atoms with Crippen molar-refractivity contribution >= 4 is 44.5 Å². The molecule has 0 atom stereocenters. The van der Waals surface area contributed by atoms with E-state index in [0.29, 0.717) is 11.5 Å². The monoisotopic (exact) mass is 318 g/mol. The highest BCUT2D eigenvalue weighted by Gasteiger charge is 2.10. The molecule has 2 heterocycles. The lowest BCUT2D eigenvalue weighted by Gasteiger charge is -2.10. The quantitative estimate of drug-likeness (QED) is 0.675. The van der Waals surface area contributed by atoms with E-state index in [1.807, 2.05) is 25.1 Å². The molecule has 0 saturated heterocycles. The summed E-state index contributed by atoms with van der Waals surface area (Å²) < 4.78 is 1.03. The van der Waals surface area contributed by atoms with E-state index in [-0.39, 0.29) is 5.95 Å². The molecule has 0 radical (unpaired) electrons. The molecule has 19 heavy (non-hydrogen) atoms. The lowest BCUT2D eigenvalue weighted by molar-refractivity contribution is 1.21. The normalized spacial score (nSPS) is 10.8. The Morgan fingerprint density at radius 2 is 2.16 bits per heavy atom. The Bertz CT molecular complexity index is 751. The number of nitrogens with two attached hydrogens (primary N) is 1. The maximum atomic E-state index is 5.68. The highest BCUT2D eigenvalue weighted by Crippen LogP contribution is 2.28. The van der Waals surface area contributed by atoms with Crippen LogP contribution in [0.1, 0.15) is 5.56 Å². The van der Waals surface area contributed by atoms with Gasteiger partial charge in [-0.3, -0.25) is 0 Å². The second-order valence-corrected chi connectivity index (χ2v) is 4.92. The topological polar surface area (TPSA) is 92.5 Å². The van der Waals surface area contributed by atoms with E-state index in [4.69, 9.17) is 5.73 Å². The number of halogens is 1. The lowest BCUT2D eigenvalue weighted by Crippen LogP contribution is -2.02. The van der Waals surface area contributed by atoms with Gasteiger partial charge in [0, 0.05) is 10.2 Å². The molecule has 1 aromatic carbocycles. The molecule has 4 N–H and O–H groups in total. The van der Waals surface area contributed by atoms with Gasteiger partial charge in [-0.15, -0.1) is 0 Å². The van der Waals surface area contributed by atoms with Gasteiger partial charge >= 0.3 is 0 Å². The minimum atomic E-state index is 0.190. The van der Waals surface area contributed by atoms with Gasteiger partial charge in [-0.05, 0) is 24.6 Å². The Morgan fingerprint density at radius 3 is 3.00 bits per heavy atom. The van der Waals surface area contributed by atoms with E-state index in [1.165, 1.54) is 0 Å². The van der Waals surface area contributed by atoms with Crippen molar-refractivity contribution in [1.82, 2.24) is 19.9 Å². The van der Waals surface area contributed by atoms with Crippen LogP contribution in [-0.2, 0) is 0 Å². The number of nitrogen functional groups attached to an aromatic ring is 1. The summed E-state index contributed by atoms with van der Waals surface area (Å²) in [6.45, 7) is 2.01. The molecular weight excluding hydrogens is 308 g/mol. The fraction of sp³-hybridized carbons (Fsp3) is 0.0833. The number of fused-ring (bicyclic) bond motifs is 1. The van der Waals surface area contributed by atoms with E-state index in [0.717, 1.165) is 21.2 Å². The molecule has 0 fully saturated rings. The van der Waals surface area contributed by atoms with Crippen molar-refractivity contribution in [1.29, 1.82) is 0 Å². The summed E-state index contributed by atoms with van der Waals surface area (Å²) in [7, 11) is 0. The number of nitrogens with zero attached hydrogens (tertiary/aromatic N) is 3. The molecule has 0 aliphatic rings. The highest BCUT2D eigenvalue weighted by atomic mass is 79.9. The van der Waals surface area contributed by atoms with Crippen LogP contribution in [0.25, 0.3) is 11.2 Å². The summed E-state index contributed by atoms with van der Waals surface area (Å²) >= 11 is 3.50. The number of hydrogen-bond donors (Lipinski definition) is 3. The summed E-state index contributed by atoms with van der Waals surface area (Å²) in [5.41, 5.74) is 8.99. The average molecular weight is 319 g/mol. The van der Waals surface area contributed by atoms with E-state index >= 15 is 0 Å². The molecule has 0 saturated carbocycles. The molecule has 0 aliphatic carbocycles. The molecule has 6 nitrogen and oxygen atoms in total. The van der Waals surface area contributed by atoms with Crippen LogP contribution in [0.3, 0.4) is 0 Å². The van der Waals surface area contributed by atoms with Gasteiger partial charge in [0.15, 0.2) is 11.5 Å². The maximum absolute atomic E-state index is 5.68. The van der Waals surface area contributed by atoms with Gasteiger partial charge in [0.05, 0.1) is 6.33 Å². The molecule has 0 aliphatic heterocycles. The zero-order valence-electron chi connectivity index (χ0n) is 10.1. The Hall–Kier alpha value is -2.15. The molecule has 7 heteroatoms. The van der Waals surface area contributed by atoms with Crippen LogP contribution in [0.4, 0.5) is 17.5 Å². The second kappa shape index (κ2) is 4.51. The molecule has 0 spiro atoms. The summed E-state index contributed by atoms with van der Waals surface area (Å²) in [4.78, 5) is 15.4. The van der Waals surface area contributed by atoms with Crippen molar-refractivity contribution in [3.8, 4) is 0 Å². The molecule has 3 aromatic rings. The second-order valence-electron chi connectivity index (χ2n) is 4.07. The molecule has 0 amide bonds. The van der Waals surface area contributed by atoms with Gasteiger partial charge in [-0.1, -0.05) is 22.0 Å². The molecule has 2 aromatic heterocycles. The summed E-state index contributed by atoms with van der Waals surface area (Å²) in [6.07, 6.45) is 1.57. The molecule has 0 unspecified atom stereocenters. The van der Waals surface area contributed by atoms with Gasteiger partial charge in [-0.25, -0.2) is 4.98 Å². The first-order valence-corrected chi connectivity index (χ1v) is 6.43. The first-order valence-electron chi connectivity index (χ1n) is 5.64. The zero-order chi connectivity index (χ0) is 13.4. The largest absolute Gasteiger partial charge is 0.368 e. The van der Waals surface area contributed by atoms with Crippen LogP contribution in [0.5, 0.6) is 0 Å². The number of nitrogens with one attached hydrogen (secondary N) is 2. The standard InChI is InChI=1S/C12H11BrN6/c1-6-7(13)3-2-4-8(6)17-11-9-10(16-5-15-9)18-12(14)19-11/h2-5H,1H3,(H4,14,15,16,17,18,19). The highest BCUT2D eigenvalue weighted by molar-refractivity contribution is 9.10. The molecule has 0 bridgehead atoms. The van der Waals surface area contributed by atoms with Crippen LogP contribution >= 0.6 is 15.9 Å². The van der Waals surface area contributed by atoms with E-state index < -0.39 is 0 Å². The van der Waals surface area contributed by atoms with Crippen LogP contribution in [0.15, 0.2) is 29.0 Å². The third kappa shape index (κ3) is 2.12. The summed E-state index contributed by atoms with van der Waals surface area (Å²) in [6, 6.07) is 5.91. The lowest BCUT2D eigenvalue weighted by atomic mass is 10.2. The fourth-order valence-electron chi connectivity index (χ4n) is 1.81. The van der Waals surface area contributed by atoms with E-state index in [9.17, 15) is 0 Å². The SMILES string of the molecule is Cc1c(Br)cccc1Nc1nc(N)nc2nc[nH]c12. The van der Waals surface area contributed by atoms with Crippen molar-refractivity contribution in [2.75, 3.05) is 11.1 Å². The van der Waals surface area contributed by atoms with Gasteiger partial charge in [0.25, 0.3) is 0 Å². The molecular formula is C12H11BrN6. The Labute approximate surface area is 117 Å². The number of aromatic amines is 1. The Balaban J connectivity index is 2.10. The van der Waals surface area contributed by atoms with Crippen LogP contribution in [0, 0.1) is 6.92 Å². The minimum Gasteiger partial charge on any atom is -0.368 e. The first kappa shape index (κ1) is 11.9. The van der Waals surface area contributed by atoms with Gasteiger partial charge < -0.3 is 16.0 Å². The zero-order valence-corrected chi connectivity index (χ0v) is 11.7. The Morgan fingerprint density at radius 1 is 1.32 bits per heavy atom. The number of imidazole rings is 1. The Kier molecular flexibility index (Phi) is 2.83. The minimum absolute atomic E-state index is 0.190. The number of benzene rings is 1. The van der Waals surface area contributed by atoms with Crippen LogP contribution in [0.2, 0.25) is 0 Å². The number of H-pyrrole nitrogens is 1. The number of anilines is 3. The summed E-state index contributed by atoms with van der Waals surface area (Å²) in [5.74, 6) is 0.802. The maximum Gasteiger partial charge on any atom is 0.224 e. The van der Waals surface area contributed by atoms with Crippen LogP contribution < -0.4 is 11.1 Å². The third-order valence-corrected chi connectivity index (χ3v) is 3.68. The first-order chi connectivity index (χ1) is 9.15. The molecule has 96 valence electrons. The predicted molar refractivity (Wildman–Crippen MR) is 78.3 cm³/mol. The van der Waals surface area contributed by atoms with Crippen molar-refractivity contribution in [3.05, 3.63) is 34.6 Å². The number of aromatic nitrogens is 4. The van der Waals surface area contributed by atoms with Gasteiger partial charge in [0.2, 0.25) is 5.95 Å². The number of hydrogen-bond acceptors (Lipinski definition) is 5. The van der Waals surface area contributed by atoms with Gasteiger partial charge in [0.1, 0.15) is 5.52 Å². The average Bonchev–Trinajstić information content (AvgIpc) is 2.83. The van der Waals surface area contributed by atoms with Crippen molar-refractivity contribution in [3.63, 3.8) is 0 Å². The predicted octanol–water partition coefficient (Wildman–Crippen LogP) is 2.75. The third-order valence-electron chi connectivity index (χ3n) is 2.82. The van der Waals surface area contributed by atoms with Crippen molar-refractivity contribution in [2.24, 2.45) is 0 Å². The van der Waals surface area contributed by atoms with E-state index in [2.05, 4.69) is 41.2 Å². The molecule has 3 rings (SSSR count).